The monoisotopic (exact) mass is 304 g/mol. The van der Waals surface area contributed by atoms with Gasteiger partial charge in [0.15, 0.2) is 5.16 Å². The number of carbonyl (C=O) groups excluding carboxylic acids is 1. The summed E-state index contributed by atoms with van der Waals surface area (Å²) in [6.07, 6.45) is 1.66. The Labute approximate surface area is 123 Å². The van der Waals surface area contributed by atoms with E-state index >= 15 is 0 Å². The maximum Gasteiger partial charge on any atom is 0.230 e. The zero-order valence-corrected chi connectivity index (χ0v) is 12.2. The Bertz CT molecular complexity index is 777. The number of nitrogens with zero attached hydrogens (tertiary/aromatic N) is 3. The summed E-state index contributed by atoms with van der Waals surface area (Å²) in [6.45, 7) is 4.05. The molecule has 3 aromatic rings. The molecule has 0 saturated heterocycles. The third-order valence-corrected chi connectivity index (χ3v) is 4.63. The SMILES string of the molecule is C=CCNC(=O)CSc1nnc2sc3ccccc3n12. The van der Waals surface area contributed by atoms with Gasteiger partial charge in [0.2, 0.25) is 10.9 Å². The first-order valence-electron chi connectivity index (χ1n) is 6.02. The van der Waals surface area contributed by atoms with Crippen molar-refractivity contribution in [3.63, 3.8) is 0 Å². The Hall–Kier alpha value is -1.86. The number of nitrogens with one attached hydrogen (secondary N) is 1. The van der Waals surface area contributed by atoms with Crippen molar-refractivity contribution >= 4 is 44.2 Å². The molecular weight excluding hydrogens is 292 g/mol. The van der Waals surface area contributed by atoms with Gasteiger partial charge in [-0.15, -0.1) is 16.8 Å². The summed E-state index contributed by atoms with van der Waals surface area (Å²) in [5, 5.41) is 11.8. The fraction of sp³-hybridized carbons (Fsp3) is 0.154. The molecule has 0 bridgehead atoms. The highest BCUT2D eigenvalue weighted by molar-refractivity contribution is 7.99. The summed E-state index contributed by atoms with van der Waals surface area (Å²) >= 11 is 2.98. The molecule has 7 heteroatoms. The van der Waals surface area contributed by atoms with Crippen LogP contribution in [0.2, 0.25) is 0 Å². The number of fused-ring (bicyclic) bond motifs is 3. The third-order valence-electron chi connectivity index (χ3n) is 2.69. The molecule has 2 aromatic heterocycles. The molecule has 0 atom stereocenters. The molecule has 0 spiro atoms. The maximum atomic E-state index is 11.6. The first kappa shape index (κ1) is 13.1. The lowest BCUT2D eigenvalue weighted by Gasteiger charge is -2.01. The van der Waals surface area contributed by atoms with E-state index in [-0.39, 0.29) is 5.91 Å². The fourth-order valence-corrected chi connectivity index (χ4v) is 3.61. The molecule has 102 valence electrons. The largest absolute Gasteiger partial charge is 0.352 e. The number of rotatable bonds is 5. The minimum Gasteiger partial charge on any atom is -0.352 e. The first-order chi connectivity index (χ1) is 9.79. The number of hydrogen-bond acceptors (Lipinski definition) is 5. The summed E-state index contributed by atoms with van der Waals surface area (Å²) in [5.74, 6) is 0.282. The van der Waals surface area contributed by atoms with Gasteiger partial charge in [0.25, 0.3) is 0 Å². The summed E-state index contributed by atoms with van der Waals surface area (Å²) in [6, 6.07) is 8.07. The van der Waals surface area contributed by atoms with Crippen molar-refractivity contribution in [2.24, 2.45) is 0 Å². The summed E-state index contributed by atoms with van der Waals surface area (Å²) in [7, 11) is 0. The van der Waals surface area contributed by atoms with Crippen LogP contribution in [0, 0.1) is 0 Å². The molecule has 3 rings (SSSR count). The van der Waals surface area contributed by atoms with E-state index < -0.39 is 0 Å². The summed E-state index contributed by atoms with van der Waals surface area (Å²) in [5.41, 5.74) is 1.08. The van der Waals surface area contributed by atoms with E-state index in [4.69, 9.17) is 0 Å². The predicted octanol–water partition coefficient (Wildman–Crippen LogP) is 2.34. The lowest BCUT2D eigenvalue weighted by Crippen LogP contribution is -2.25. The van der Waals surface area contributed by atoms with Crippen molar-refractivity contribution in [3.8, 4) is 0 Å². The van der Waals surface area contributed by atoms with Crippen LogP contribution in [0.15, 0.2) is 42.1 Å². The van der Waals surface area contributed by atoms with Gasteiger partial charge in [-0.3, -0.25) is 9.20 Å². The number of hydrogen-bond donors (Lipinski definition) is 1. The fourth-order valence-electron chi connectivity index (χ4n) is 1.82. The Morgan fingerprint density at radius 2 is 2.30 bits per heavy atom. The predicted molar refractivity (Wildman–Crippen MR) is 82.3 cm³/mol. The lowest BCUT2D eigenvalue weighted by atomic mass is 10.3. The van der Waals surface area contributed by atoms with E-state index in [9.17, 15) is 4.79 Å². The topological polar surface area (TPSA) is 59.3 Å². The molecular formula is C13H12N4OS2. The van der Waals surface area contributed by atoms with Gasteiger partial charge in [0, 0.05) is 6.54 Å². The van der Waals surface area contributed by atoms with E-state index in [0.29, 0.717) is 12.3 Å². The van der Waals surface area contributed by atoms with Crippen molar-refractivity contribution in [3.05, 3.63) is 36.9 Å². The molecule has 0 saturated carbocycles. The molecule has 2 heterocycles. The number of thioether (sulfide) groups is 1. The lowest BCUT2D eigenvalue weighted by molar-refractivity contribution is -0.118. The molecule has 0 aliphatic heterocycles. The summed E-state index contributed by atoms with van der Waals surface area (Å²) < 4.78 is 3.15. The van der Waals surface area contributed by atoms with Gasteiger partial charge in [-0.05, 0) is 12.1 Å². The second-order valence-corrected chi connectivity index (χ2v) is 6.00. The zero-order valence-electron chi connectivity index (χ0n) is 10.6. The highest BCUT2D eigenvalue weighted by atomic mass is 32.2. The van der Waals surface area contributed by atoms with E-state index in [1.54, 1.807) is 17.4 Å². The minimum absolute atomic E-state index is 0.0359. The van der Waals surface area contributed by atoms with E-state index in [1.165, 1.54) is 11.8 Å². The minimum atomic E-state index is -0.0359. The molecule has 0 aliphatic carbocycles. The number of carbonyl (C=O) groups is 1. The van der Waals surface area contributed by atoms with Crippen LogP contribution in [0.4, 0.5) is 0 Å². The van der Waals surface area contributed by atoms with E-state index in [0.717, 1.165) is 20.3 Å². The Balaban J connectivity index is 1.85. The normalized spacial score (nSPS) is 11.0. The van der Waals surface area contributed by atoms with Crippen molar-refractivity contribution in [2.45, 2.75) is 5.16 Å². The second-order valence-electron chi connectivity index (χ2n) is 4.05. The smallest absolute Gasteiger partial charge is 0.230 e. The number of thiazole rings is 1. The average Bonchev–Trinajstić information content (AvgIpc) is 3.02. The summed E-state index contributed by atoms with van der Waals surface area (Å²) in [4.78, 5) is 12.4. The molecule has 1 aromatic carbocycles. The number of benzene rings is 1. The quantitative estimate of drug-likeness (QED) is 0.580. The first-order valence-corrected chi connectivity index (χ1v) is 7.83. The van der Waals surface area contributed by atoms with Crippen LogP contribution < -0.4 is 5.32 Å². The van der Waals surface area contributed by atoms with Crippen molar-refractivity contribution in [1.29, 1.82) is 0 Å². The highest BCUT2D eigenvalue weighted by Gasteiger charge is 2.13. The Morgan fingerprint density at radius 1 is 1.45 bits per heavy atom. The number of para-hydroxylation sites is 1. The molecule has 1 N–H and O–H groups in total. The van der Waals surface area contributed by atoms with Crippen LogP contribution in [-0.4, -0.2) is 32.8 Å². The Kier molecular flexibility index (Phi) is 3.70. The highest BCUT2D eigenvalue weighted by Crippen LogP contribution is 2.29. The van der Waals surface area contributed by atoms with E-state index in [2.05, 4.69) is 28.2 Å². The van der Waals surface area contributed by atoms with Crippen LogP contribution >= 0.6 is 23.1 Å². The van der Waals surface area contributed by atoms with Crippen LogP contribution in [0.3, 0.4) is 0 Å². The van der Waals surface area contributed by atoms with Gasteiger partial charge in [-0.25, -0.2) is 0 Å². The van der Waals surface area contributed by atoms with Crippen LogP contribution in [0.1, 0.15) is 0 Å². The molecule has 0 radical (unpaired) electrons. The van der Waals surface area contributed by atoms with Gasteiger partial charge in [-0.1, -0.05) is 41.3 Å². The van der Waals surface area contributed by atoms with Gasteiger partial charge < -0.3 is 5.32 Å². The number of aromatic nitrogens is 3. The molecule has 1 amide bonds. The molecule has 20 heavy (non-hydrogen) atoms. The molecule has 0 fully saturated rings. The number of amides is 1. The molecule has 0 unspecified atom stereocenters. The third kappa shape index (κ3) is 2.41. The van der Waals surface area contributed by atoms with Crippen molar-refractivity contribution in [2.75, 3.05) is 12.3 Å². The van der Waals surface area contributed by atoms with Crippen LogP contribution in [0.5, 0.6) is 0 Å². The standard InChI is InChI=1S/C13H12N4OS2/c1-2-7-14-11(18)8-19-12-15-16-13-17(12)9-5-3-4-6-10(9)20-13/h2-6H,1,7-8H2,(H,14,18). The van der Waals surface area contributed by atoms with E-state index in [1.807, 2.05) is 22.6 Å². The maximum absolute atomic E-state index is 11.6. The Morgan fingerprint density at radius 3 is 3.15 bits per heavy atom. The van der Waals surface area contributed by atoms with Gasteiger partial charge in [-0.2, -0.15) is 0 Å². The second kappa shape index (κ2) is 5.64. The van der Waals surface area contributed by atoms with Gasteiger partial charge in [0.05, 0.1) is 16.0 Å². The van der Waals surface area contributed by atoms with Gasteiger partial charge in [0.1, 0.15) is 0 Å². The molecule has 0 aliphatic rings. The van der Waals surface area contributed by atoms with Gasteiger partial charge >= 0.3 is 0 Å². The van der Waals surface area contributed by atoms with Crippen LogP contribution in [0.25, 0.3) is 15.2 Å². The van der Waals surface area contributed by atoms with Crippen molar-refractivity contribution in [1.82, 2.24) is 19.9 Å². The average molecular weight is 304 g/mol. The molecule has 5 nitrogen and oxygen atoms in total. The van der Waals surface area contributed by atoms with Crippen molar-refractivity contribution < 1.29 is 4.79 Å². The zero-order chi connectivity index (χ0) is 13.9. The van der Waals surface area contributed by atoms with Crippen LogP contribution in [-0.2, 0) is 4.79 Å².